The van der Waals surface area contributed by atoms with E-state index in [2.05, 4.69) is 4.98 Å². The van der Waals surface area contributed by atoms with Crippen LogP contribution in [0.15, 0.2) is 30.5 Å². The number of para-hydroxylation sites is 1. The number of hydrogen-bond donors (Lipinski definition) is 3. The number of carbonyl (C=O) groups is 1. The highest BCUT2D eigenvalue weighted by atomic mass is 16.3. The van der Waals surface area contributed by atoms with Crippen LogP contribution in [0.25, 0.3) is 10.9 Å². The molecule has 2 heterocycles. The molecule has 1 aliphatic heterocycles. The lowest BCUT2D eigenvalue weighted by atomic mass is 9.94. The van der Waals surface area contributed by atoms with Crippen molar-refractivity contribution in [3.05, 3.63) is 36.0 Å². The van der Waals surface area contributed by atoms with Crippen molar-refractivity contribution in [1.29, 1.82) is 0 Å². The molecule has 0 saturated carbocycles. The first-order valence-corrected chi connectivity index (χ1v) is 6.85. The standard InChI is InChI=1S/C15H18N2O3/c18-9-11-5-7-17(8-13(11)19)15(20)12-3-1-2-10-4-6-16-14(10)12/h1-4,6,11,13,16,18-19H,5,7-9H2/t11-,13-/m0/s1. The summed E-state index contributed by atoms with van der Waals surface area (Å²) in [6.07, 6.45) is 1.79. The predicted molar refractivity (Wildman–Crippen MR) is 75.4 cm³/mol. The number of nitrogens with zero attached hydrogens (tertiary/aromatic N) is 1. The second kappa shape index (κ2) is 5.26. The fraction of sp³-hybridized carbons (Fsp3) is 0.400. The Labute approximate surface area is 116 Å². The maximum absolute atomic E-state index is 12.6. The minimum absolute atomic E-state index is 0.0323. The van der Waals surface area contributed by atoms with Crippen LogP contribution in [-0.2, 0) is 0 Å². The third-order valence-corrected chi connectivity index (χ3v) is 4.06. The molecule has 3 N–H and O–H groups in total. The minimum Gasteiger partial charge on any atom is -0.396 e. The number of aromatic amines is 1. The maximum atomic E-state index is 12.6. The molecular formula is C15H18N2O3. The van der Waals surface area contributed by atoms with E-state index in [1.807, 2.05) is 24.4 Å². The largest absolute Gasteiger partial charge is 0.396 e. The van der Waals surface area contributed by atoms with E-state index < -0.39 is 6.10 Å². The monoisotopic (exact) mass is 274 g/mol. The molecule has 5 heteroatoms. The topological polar surface area (TPSA) is 76.6 Å². The summed E-state index contributed by atoms with van der Waals surface area (Å²) in [6, 6.07) is 7.54. The Balaban J connectivity index is 1.84. The van der Waals surface area contributed by atoms with Crippen molar-refractivity contribution in [2.45, 2.75) is 12.5 Å². The number of aliphatic hydroxyl groups is 2. The fourth-order valence-electron chi connectivity index (χ4n) is 2.81. The lowest BCUT2D eigenvalue weighted by Gasteiger charge is -2.35. The quantitative estimate of drug-likeness (QED) is 0.764. The van der Waals surface area contributed by atoms with Gasteiger partial charge in [-0.15, -0.1) is 0 Å². The third-order valence-electron chi connectivity index (χ3n) is 4.06. The number of amides is 1. The first-order valence-electron chi connectivity index (χ1n) is 6.85. The number of hydrogen-bond acceptors (Lipinski definition) is 3. The summed E-state index contributed by atoms with van der Waals surface area (Å²) < 4.78 is 0. The number of aliphatic hydroxyl groups excluding tert-OH is 2. The van der Waals surface area contributed by atoms with E-state index in [1.54, 1.807) is 11.0 Å². The van der Waals surface area contributed by atoms with Gasteiger partial charge in [-0.1, -0.05) is 12.1 Å². The van der Waals surface area contributed by atoms with Gasteiger partial charge in [-0.25, -0.2) is 0 Å². The van der Waals surface area contributed by atoms with E-state index in [0.717, 1.165) is 10.9 Å². The molecule has 0 aliphatic carbocycles. The van der Waals surface area contributed by atoms with E-state index in [0.29, 0.717) is 18.5 Å². The van der Waals surface area contributed by atoms with Gasteiger partial charge in [0.15, 0.2) is 0 Å². The summed E-state index contributed by atoms with van der Waals surface area (Å²) in [6.45, 7) is 0.814. The average molecular weight is 274 g/mol. The molecule has 0 spiro atoms. The summed E-state index contributed by atoms with van der Waals surface area (Å²) in [4.78, 5) is 17.3. The van der Waals surface area contributed by atoms with Crippen LogP contribution in [0.1, 0.15) is 16.8 Å². The van der Waals surface area contributed by atoms with E-state index in [-0.39, 0.29) is 25.0 Å². The van der Waals surface area contributed by atoms with Gasteiger partial charge in [-0.3, -0.25) is 4.79 Å². The molecule has 2 atom stereocenters. The first kappa shape index (κ1) is 13.1. The number of nitrogens with one attached hydrogen (secondary N) is 1. The van der Waals surface area contributed by atoms with Crippen LogP contribution in [0.4, 0.5) is 0 Å². The maximum Gasteiger partial charge on any atom is 0.256 e. The predicted octanol–water partition coefficient (Wildman–Crippen LogP) is 0.983. The van der Waals surface area contributed by atoms with E-state index in [1.165, 1.54) is 0 Å². The molecule has 3 rings (SSSR count). The molecule has 0 unspecified atom stereocenters. The summed E-state index contributed by atoms with van der Waals surface area (Å²) in [7, 11) is 0. The summed E-state index contributed by atoms with van der Waals surface area (Å²) in [5.41, 5.74) is 1.46. The van der Waals surface area contributed by atoms with Crippen molar-refractivity contribution in [1.82, 2.24) is 9.88 Å². The Kier molecular flexibility index (Phi) is 3.46. The number of H-pyrrole nitrogens is 1. The molecular weight excluding hydrogens is 256 g/mol. The lowest BCUT2D eigenvalue weighted by molar-refractivity contribution is 0.000943. The van der Waals surface area contributed by atoms with Crippen LogP contribution in [0, 0.1) is 5.92 Å². The van der Waals surface area contributed by atoms with Gasteiger partial charge in [-0.05, 0) is 18.6 Å². The molecule has 1 fully saturated rings. The number of aromatic nitrogens is 1. The smallest absolute Gasteiger partial charge is 0.256 e. The number of piperidine rings is 1. The lowest BCUT2D eigenvalue weighted by Crippen LogP contribution is -2.47. The van der Waals surface area contributed by atoms with Gasteiger partial charge in [0.2, 0.25) is 0 Å². The van der Waals surface area contributed by atoms with Crippen molar-refractivity contribution in [3.8, 4) is 0 Å². The Morgan fingerprint density at radius 1 is 1.40 bits per heavy atom. The number of likely N-dealkylation sites (tertiary alicyclic amines) is 1. The molecule has 1 amide bonds. The van der Waals surface area contributed by atoms with Crippen molar-refractivity contribution in [2.24, 2.45) is 5.92 Å². The molecule has 0 radical (unpaired) electrons. The minimum atomic E-state index is -0.652. The normalized spacial score (nSPS) is 23.2. The molecule has 1 aromatic carbocycles. The summed E-state index contributed by atoms with van der Waals surface area (Å²) in [5, 5.41) is 20.1. The molecule has 1 saturated heterocycles. The van der Waals surface area contributed by atoms with Crippen molar-refractivity contribution >= 4 is 16.8 Å². The third kappa shape index (κ3) is 2.19. The highest BCUT2D eigenvalue weighted by Crippen LogP contribution is 2.22. The van der Waals surface area contributed by atoms with Crippen LogP contribution in [0.3, 0.4) is 0 Å². The average Bonchev–Trinajstić information content (AvgIpc) is 2.94. The summed E-state index contributed by atoms with van der Waals surface area (Å²) >= 11 is 0. The number of rotatable bonds is 2. The van der Waals surface area contributed by atoms with Crippen molar-refractivity contribution in [2.75, 3.05) is 19.7 Å². The van der Waals surface area contributed by atoms with E-state index >= 15 is 0 Å². The van der Waals surface area contributed by atoms with Crippen LogP contribution >= 0.6 is 0 Å². The summed E-state index contributed by atoms with van der Waals surface area (Å²) in [5.74, 6) is -0.200. The molecule has 106 valence electrons. The van der Waals surface area contributed by atoms with Gasteiger partial charge in [0.1, 0.15) is 0 Å². The van der Waals surface area contributed by atoms with Crippen LogP contribution < -0.4 is 0 Å². The molecule has 2 aromatic rings. The Morgan fingerprint density at radius 2 is 2.25 bits per heavy atom. The number of fused-ring (bicyclic) bond motifs is 1. The van der Waals surface area contributed by atoms with Crippen molar-refractivity contribution < 1.29 is 15.0 Å². The molecule has 0 bridgehead atoms. The Morgan fingerprint density at radius 3 is 3.00 bits per heavy atom. The SMILES string of the molecule is O=C(c1cccc2cc[nH]c12)N1CC[C@@H](CO)[C@@H](O)C1. The van der Waals surface area contributed by atoms with Gasteiger partial charge in [0, 0.05) is 37.2 Å². The highest BCUT2D eigenvalue weighted by molar-refractivity contribution is 6.05. The van der Waals surface area contributed by atoms with Crippen LogP contribution in [0.2, 0.25) is 0 Å². The Bertz CT molecular complexity index is 622. The molecule has 1 aromatic heterocycles. The van der Waals surface area contributed by atoms with Gasteiger partial charge in [-0.2, -0.15) is 0 Å². The number of benzene rings is 1. The zero-order chi connectivity index (χ0) is 14.1. The van der Waals surface area contributed by atoms with Gasteiger partial charge < -0.3 is 20.1 Å². The van der Waals surface area contributed by atoms with Crippen LogP contribution in [-0.4, -0.2) is 51.8 Å². The zero-order valence-corrected chi connectivity index (χ0v) is 11.1. The zero-order valence-electron chi connectivity index (χ0n) is 11.1. The molecule has 1 aliphatic rings. The Hall–Kier alpha value is -1.85. The van der Waals surface area contributed by atoms with Gasteiger partial charge in [0.05, 0.1) is 17.2 Å². The second-order valence-electron chi connectivity index (χ2n) is 5.30. The van der Waals surface area contributed by atoms with Crippen LogP contribution in [0.5, 0.6) is 0 Å². The van der Waals surface area contributed by atoms with Crippen molar-refractivity contribution in [3.63, 3.8) is 0 Å². The fourth-order valence-corrected chi connectivity index (χ4v) is 2.81. The second-order valence-corrected chi connectivity index (χ2v) is 5.30. The molecule has 20 heavy (non-hydrogen) atoms. The number of carbonyl (C=O) groups excluding carboxylic acids is 1. The van der Waals surface area contributed by atoms with Gasteiger partial charge >= 0.3 is 0 Å². The molecule has 5 nitrogen and oxygen atoms in total. The van der Waals surface area contributed by atoms with Gasteiger partial charge in [0.25, 0.3) is 5.91 Å². The van der Waals surface area contributed by atoms with E-state index in [9.17, 15) is 9.90 Å². The first-order chi connectivity index (χ1) is 9.70. The highest BCUT2D eigenvalue weighted by Gasteiger charge is 2.30. The van der Waals surface area contributed by atoms with E-state index in [4.69, 9.17) is 5.11 Å². The number of β-amino-alcohol motifs (C(OH)–C–C–N with tert-alkyl or cyclic N) is 1.